The number of fused-ring (bicyclic) bond motifs is 2. The first kappa shape index (κ1) is 19.2. The van der Waals surface area contributed by atoms with E-state index in [1.807, 2.05) is 24.3 Å². The first-order valence-corrected chi connectivity index (χ1v) is 11.0. The monoisotopic (exact) mass is 412 g/mol. The molecule has 1 aliphatic heterocycles. The van der Waals surface area contributed by atoms with E-state index in [1.165, 1.54) is 10.4 Å². The van der Waals surface area contributed by atoms with Crippen molar-refractivity contribution in [3.05, 3.63) is 65.4 Å². The second-order valence-corrected chi connectivity index (χ2v) is 9.00. The van der Waals surface area contributed by atoms with Crippen LogP contribution in [0.3, 0.4) is 0 Å². The molecule has 1 N–H and O–H groups in total. The van der Waals surface area contributed by atoms with Gasteiger partial charge in [0.2, 0.25) is 15.8 Å². The summed E-state index contributed by atoms with van der Waals surface area (Å²) in [5.74, 6) is -0.911. The van der Waals surface area contributed by atoms with Gasteiger partial charge in [0.15, 0.2) is 6.10 Å². The van der Waals surface area contributed by atoms with Crippen LogP contribution in [-0.4, -0.2) is 44.1 Å². The molecule has 0 aliphatic carbocycles. The number of benzene rings is 2. The van der Waals surface area contributed by atoms with Crippen molar-refractivity contribution < 1.29 is 22.7 Å². The topological polar surface area (TPSA) is 96.5 Å². The number of rotatable bonds is 5. The fourth-order valence-corrected chi connectivity index (χ4v) is 4.58. The highest BCUT2D eigenvalue weighted by molar-refractivity contribution is 7.92. The van der Waals surface area contributed by atoms with E-state index in [-0.39, 0.29) is 11.3 Å². The molecular formula is C21H20N2O5S. The molecule has 0 fully saturated rings. The van der Waals surface area contributed by atoms with Crippen molar-refractivity contribution in [3.63, 3.8) is 0 Å². The lowest BCUT2D eigenvalue weighted by molar-refractivity contribution is 0.0319. The minimum Gasteiger partial charge on any atom is -0.451 e. The highest BCUT2D eigenvalue weighted by Crippen LogP contribution is 2.31. The fraction of sp³-hybridized carbons (Fsp3) is 0.238. The summed E-state index contributed by atoms with van der Waals surface area (Å²) in [6, 6.07) is 12.2. The number of nitrogens with one attached hydrogen (secondary N) is 1. The number of Topliss-reactive ketones (excluding diaryl/α,β-unsaturated/α-hetero) is 1. The molecule has 0 saturated carbocycles. The van der Waals surface area contributed by atoms with E-state index in [9.17, 15) is 18.0 Å². The summed E-state index contributed by atoms with van der Waals surface area (Å²) in [5.41, 5.74) is 2.94. The van der Waals surface area contributed by atoms with Gasteiger partial charge in [-0.3, -0.25) is 9.10 Å². The first-order valence-electron chi connectivity index (χ1n) is 9.17. The Morgan fingerprint density at radius 2 is 1.93 bits per heavy atom. The smallest absolute Gasteiger partial charge is 0.338 e. The van der Waals surface area contributed by atoms with Crippen LogP contribution in [0.4, 0.5) is 5.69 Å². The third-order valence-corrected chi connectivity index (χ3v) is 6.26. The molecule has 0 unspecified atom stereocenters. The van der Waals surface area contributed by atoms with E-state index in [0.29, 0.717) is 24.2 Å². The third kappa shape index (κ3) is 3.51. The third-order valence-electron chi connectivity index (χ3n) is 5.08. The number of carbonyl (C=O) groups excluding carboxylic acids is 2. The molecule has 0 saturated heterocycles. The number of carbonyl (C=O) groups is 2. The maximum Gasteiger partial charge on any atom is 0.338 e. The van der Waals surface area contributed by atoms with Crippen LogP contribution in [0.15, 0.2) is 48.7 Å². The number of ether oxygens (including phenoxy) is 1. The summed E-state index contributed by atoms with van der Waals surface area (Å²) in [6.07, 6.45) is 2.34. The summed E-state index contributed by atoms with van der Waals surface area (Å²) in [5, 5.41) is 0.777. The zero-order valence-electron chi connectivity index (χ0n) is 16.0. The number of nitrogens with zero attached hydrogens (tertiary/aromatic N) is 1. The molecular weight excluding hydrogens is 392 g/mol. The van der Waals surface area contributed by atoms with Gasteiger partial charge in [0.25, 0.3) is 0 Å². The van der Waals surface area contributed by atoms with E-state index in [2.05, 4.69) is 4.98 Å². The van der Waals surface area contributed by atoms with Crippen molar-refractivity contribution in [2.75, 3.05) is 17.1 Å². The van der Waals surface area contributed by atoms with Crippen LogP contribution in [0.2, 0.25) is 0 Å². The van der Waals surface area contributed by atoms with Gasteiger partial charge in [-0.15, -0.1) is 0 Å². The molecule has 29 heavy (non-hydrogen) atoms. The number of H-pyrrole nitrogens is 1. The summed E-state index contributed by atoms with van der Waals surface area (Å²) in [7, 11) is -3.35. The number of para-hydroxylation sites is 1. The van der Waals surface area contributed by atoms with Crippen LogP contribution >= 0.6 is 0 Å². The van der Waals surface area contributed by atoms with Gasteiger partial charge < -0.3 is 9.72 Å². The van der Waals surface area contributed by atoms with Crippen molar-refractivity contribution in [1.29, 1.82) is 0 Å². The Morgan fingerprint density at radius 1 is 1.17 bits per heavy atom. The lowest BCUT2D eigenvalue weighted by atomic mass is 10.1. The predicted molar refractivity (Wildman–Crippen MR) is 110 cm³/mol. The van der Waals surface area contributed by atoms with Gasteiger partial charge in [-0.2, -0.15) is 0 Å². The normalized spacial score (nSPS) is 14.6. The van der Waals surface area contributed by atoms with Crippen molar-refractivity contribution in [2.24, 2.45) is 0 Å². The Morgan fingerprint density at radius 3 is 2.69 bits per heavy atom. The van der Waals surface area contributed by atoms with Crippen LogP contribution in [0.1, 0.15) is 33.2 Å². The molecule has 7 nitrogen and oxygen atoms in total. The van der Waals surface area contributed by atoms with E-state index >= 15 is 0 Å². The molecule has 0 radical (unpaired) electrons. The molecule has 3 aromatic rings. The summed E-state index contributed by atoms with van der Waals surface area (Å²) >= 11 is 0. The van der Waals surface area contributed by atoms with Gasteiger partial charge in [-0.25, -0.2) is 13.2 Å². The molecule has 150 valence electrons. The maximum absolute atomic E-state index is 12.8. The highest BCUT2D eigenvalue weighted by atomic mass is 32.2. The predicted octanol–water partition coefficient (Wildman–Crippen LogP) is 2.92. The minimum absolute atomic E-state index is 0.290. The van der Waals surface area contributed by atoms with Crippen LogP contribution < -0.4 is 4.31 Å². The highest BCUT2D eigenvalue weighted by Gasteiger charge is 2.28. The fourth-order valence-electron chi connectivity index (χ4n) is 3.62. The average molecular weight is 412 g/mol. The molecule has 0 spiro atoms. The van der Waals surface area contributed by atoms with E-state index < -0.39 is 22.1 Å². The van der Waals surface area contributed by atoms with Crippen molar-refractivity contribution in [1.82, 2.24) is 4.98 Å². The number of esters is 1. The summed E-state index contributed by atoms with van der Waals surface area (Å²) < 4.78 is 30.4. The Kier molecular flexibility index (Phi) is 4.66. The van der Waals surface area contributed by atoms with E-state index in [1.54, 1.807) is 25.3 Å². The number of sulfonamides is 1. The lowest BCUT2D eigenvalue weighted by Gasteiger charge is -2.16. The lowest BCUT2D eigenvalue weighted by Crippen LogP contribution is -2.27. The van der Waals surface area contributed by atoms with E-state index in [4.69, 9.17) is 4.74 Å². The second kappa shape index (κ2) is 7.04. The van der Waals surface area contributed by atoms with Gasteiger partial charge in [-0.1, -0.05) is 18.2 Å². The molecule has 1 atom stereocenters. The van der Waals surface area contributed by atoms with Crippen LogP contribution in [0.5, 0.6) is 0 Å². The number of hydrogen-bond acceptors (Lipinski definition) is 5. The number of aromatic nitrogens is 1. The second-order valence-electron chi connectivity index (χ2n) is 7.09. The minimum atomic E-state index is -3.35. The Labute approximate surface area is 168 Å². The number of ketones is 1. The first-order chi connectivity index (χ1) is 13.8. The van der Waals surface area contributed by atoms with Gasteiger partial charge in [0, 0.05) is 29.2 Å². The van der Waals surface area contributed by atoms with Crippen molar-refractivity contribution in [2.45, 2.75) is 19.4 Å². The Balaban J connectivity index is 1.52. The quantitative estimate of drug-likeness (QED) is 0.513. The zero-order valence-corrected chi connectivity index (χ0v) is 16.8. The van der Waals surface area contributed by atoms with Crippen molar-refractivity contribution in [3.8, 4) is 0 Å². The zero-order chi connectivity index (χ0) is 20.8. The molecule has 4 rings (SSSR count). The number of aromatic amines is 1. The van der Waals surface area contributed by atoms with E-state index in [0.717, 1.165) is 22.7 Å². The number of hydrogen-bond donors (Lipinski definition) is 1. The molecule has 0 bridgehead atoms. The van der Waals surface area contributed by atoms with Gasteiger partial charge in [-0.05, 0) is 43.2 Å². The van der Waals surface area contributed by atoms with Crippen LogP contribution in [0, 0.1) is 0 Å². The van der Waals surface area contributed by atoms with Crippen LogP contribution in [0.25, 0.3) is 10.9 Å². The van der Waals surface area contributed by atoms with Gasteiger partial charge in [0.1, 0.15) is 0 Å². The maximum atomic E-state index is 12.8. The van der Waals surface area contributed by atoms with Gasteiger partial charge in [0.05, 0.1) is 17.5 Å². The molecule has 8 heteroatoms. The Bertz CT molecular complexity index is 1230. The standard InChI is InChI=1S/C21H20N2O5S/c1-13(20(24)17-12-22-18-6-4-3-5-16(17)18)28-21(25)15-7-8-19-14(11-15)9-10-23(19)29(2,26)27/h3-8,11-13,22H,9-10H2,1-2H3/t13-/m1/s1. The summed E-state index contributed by atoms with van der Waals surface area (Å²) in [6.45, 7) is 1.89. The number of anilines is 1. The average Bonchev–Trinajstić information content (AvgIpc) is 3.30. The summed E-state index contributed by atoms with van der Waals surface area (Å²) in [4.78, 5) is 28.4. The van der Waals surface area contributed by atoms with Crippen LogP contribution in [-0.2, 0) is 21.2 Å². The molecule has 0 amide bonds. The molecule has 1 aromatic heterocycles. The molecule has 1 aliphatic rings. The molecule has 2 aromatic carbocycles. The SMILES string of the molecule is C[C@@H](OC(=O)c1ccc2c(c1)CCN2S(C)(=O)=O)C(=O)c1c[nH]c2ccccc12. The Hall–Kier alpha value is -3.13. The van der Waals surface area contributed by atoms with Gasteiger partial charge >= 0.3 is 5.97 Å². The molecule has 2 heterocycles. The largest absolute Gasteiger partial charge is 0.451 e. The van der Waals surface area contributed by atoms with Crippen molar-refractivity contribution >= 4 is 38.4 Å².